The van der Waals surface area contributed by atoms with Gasteiger partial charge in [-0.15, -0.1) is 0 Å². The Morgan fingerprint density at radius 2 is 2.24 bits per heavy atom. The summed E-state index contributed by atoms with van der Waals surface area (Å²) in [5, 5.41) is 12.2. The second kappa shape index (κ2) is 6.81. The quantitative estimate of drug-likeness (QED) is 0.813. The lowest BCUT2D eigenvalue weighted by molar-refractivity contribution is -0.142. The topological polar surface area (TPSA) is 62.5 Å². The first-order valence-electron chi connectivity index (χ1n) is 5.66. The highest BCUT2D eigenvalue weighted by Gasteiger charge is 2.18. The Kier molecular flexibility index (Phi) is 5.71. The molecule has 0 aliphatic heterocycles. The lowest BCUT2D eigenvalue weighted by atomic mass is 9.97. The van der Waals surface area contributed by atoms with Crippen molar-refractivity contribution >= 4 is 21.9 Å². The average molecular weight is 304 g/mol. The molecule has 0 spiro atoms. The molecule has 1 aromatic heterocycles. The van der Waals surface area contributed by atoms with Crippen LogP contribution in [-0.4, -0.2) is 17.6 Å². The summed E-state index contributed by atoms with van der Waals surface area (Å²) >= 11 is 3.22. The fraction of sp³-hybridized carbons (Fsp3) is 0.583. The molecule has 0 aliphatic carbocycles. The number of carbonyl (C=O) groups is 1. The molecule has 1 rings (SSSR count). The third-order valence-corrected chi connectivity index (χ3v) is 2.85. The van der Waals surface area contributed by atoms with Gasteiger partial charge in [0, 0.05) is 6.54 Å². The number of carboxylic acids is 1. The third kappa shape index (κ3) is 5.37. The molecule has 2 N–H and O–H groups in total. The monoisotopic (exact) mass is 303 g/mol. The summed E-state index contributed by atoms with van der Waals surface area (Å²) < 4.78 is 6.00. The Labute approximate surface area is 110 Å². The summed E-state index contributed by atoms with van der Waals surface area (Å²) in [6.45, 7) is 5.07. The zero-order valence-corrected chi connectivity index (χ0v) is 11.7. The minimum absolute atomic E-state index is 0.339. The number of rotatable bonds is 7. The summed E-state index contributed by atoms with van der Waals surface area (Å²) in [5.74, 6) is 0.0986. The Hall–Kier alpha value is -0.810. The van der Waals surface area contributed by atoms with Crippen LogP contribution in [0.1, 0.15) is 26.0 Å². The number of halogens is 1. The molecule has 0 radical (unpaired) electrons. The predicted molar refractivity (Wildman–Crippen MR) is 68.7 cm³/mol. The Morgan fingerprint density at radius 1 is 1.53 bits per heavy atom. The zero-order valence-electron chi connectivity index (χ0n) is 10.1. The number of furan rings is 1. The van der Waals surface area contributed by atoms with E-state index in [1.807, 2.05) is 26.0 Å². The number of hydrogen-bond acceptors (Lipinski definition) is 3. The molecule has 1 atom stereocenters. The molecule has 0 saturated heterocycles. The van der Waals surface area contributed by atoms with Gasteiger partial charge in [-0.05, 0) is 40.4 Å². The molecule has 1 unspecified atom stereocenters. The van der Waals surface area contributed by atoms with Crippen LogP contribution in [0.15, 0.2) is 21.2 Å². The van der Waals surface area contributed by atoms with E-state index < -0.39 is 5.97 Å². The Bertz CT molecular complexity index is 362. The van der Waals surface area contributed by atoms with E-state index in [1.54, 1.807) is 0 Å². The molecule has 0 aliphatic rings. The molecule has 1 aromatic rings. The van der Waals surface area contributed by atoms with Gasteiger partial charge >= 0.3 is 5.97 Å². The minimum atomic E-state index is -0.744. The SMILES string of the molecule is CC(C)CC(CNCc1ccc(Br)o1)C(=O)O. The van der Waals surface area contributed by atoms with Crippen molar-refractivity contribution < 1.29 is 14.3 Å². The van der Waals surface area contributed by atoms with E-state index in [0.717, 1.165) is 5.76 Å². The predicted octanol–water partition coefficient (Wildman–Crippen LogP) is 2.88. The molecule has 0 aromatic carbocycles. The maximum atomic E-state index is 11.0. The molecular formula is C12H18BrNO3. The summed E-state index contributed by atoms with van der Waals surface area (Å²) in [5.41, 5.74) is 0. The maximum absolute atomic E-state index is 11.0. The second-order valence-corrected chi connectivity index (χ2v) is 5.28. The summed E-state index contributed by atoms with van der Waals surface area (Å²) in [4.78, 5) is 11.0. The Balaban J connectivity index is 2.34. The van der Waals surface area contributed by atoms with Crippen molar-refractivity contribution in [1.29, 1.82) is 0 Å². The molecule has 0 amide bonds. The Morgan fingerprint density at radius 3 is 2.71 bits per heavy atom. The van der Waals surface area contributed by atoms with Gasteiger partial charge in [-0.25, -0.2) is 0 Å². The van der Waals surface area contributed by atoms with Crippen molar-refractivity contribution in [1.82, 2.24) is 5.32 Å². The van der Waals surface area contributed by atoms with Gasteiger partial charge in [-0.2, -0.15) is 0 Å². The van der Waals surface area contributed by atoms with Gasteiger partial charge < -0.3 is 14.8 Å². The number of nitrogens with one attached hydrogen (secondary N) is 1. The molecule has 0 bridgehead atoms. The summed E-state index contributed by atoms with van der Waals surface area (Å²) in [6.07, 6.45) is 0.685. The van der Waals surface area contributed by atoms with E-state index in [4.69, 9.17) is 9.52 Å². The maximum Gasteiger partial charge on any atom is 0.307 e. The zero-order chi connectivity index (χ0) is 12.8. The summed E-state index contributed by atoms with van der Waals surface area (Å²) in [7, 11) is 0. The fourth-order valence-corrected chi connectivity index (χ4v) is 2.00. The van der Waals surface area contributed by atoms with Crippen LogP contribution in [0.2, 0.25) is 0 Å². The van der Waals surface area contributed by atoms with Gasteiger partial charge in [0.2, 0.25) is 0 Å². The lowest BCUT2D eigenvalue weighted by Gasteiger charge is -2.14. The van der Waals surface area contributed by atoms with Crippen LogP contribution < -0.4 is 5.32 Å². The molecule has 0 fully saturated rings. The van der Waals surface area contributed by atoms with Gasteiger partial charge in [-0.1, -0.05) is 13.8 Å². The number of aliphatic carboxylic acids is 1. The smallest absolute Gasteiger partial charge is 0.307 e. The van der Waals surface area contributed by atoms with Crippen LogP contribution in [0, 0.1) is 11.8 Å². The van der Waals surface area contributed by atoms with Crippen LogP contribution in [0.5, 0.6) is 0 Å². The molecular weight excluding hydrogens is 286 g/mol. The second-order valence-electron chi connectivity index (χ2n) is 4.50. The largest absolute Gasteiger partial charge is 0.481 e. The number of hydrogen-bond donors (Lipinski definition) is 2. The van der Waals surface area contributed by atoms with Crippen molar-refractivity contribution in [3.8, 4) is 0 Å². The molecule has 1 heterocycles. The van der Waals surface area contributed by atoms with Gasteiger partial charge in [0.15, 0.2) is 4.67 Å². The minimum Gasteiger partial charge on any atom is -0.481 e. The molecule has 0 saturated carbocycles. The fourth-order valence-electron chi connectivity index (χ4n) is 1.66. The van der Waals surface area contributed by atoms with E-state index in [-0.39, 0.29) is 5.92 Å². The van der Waals surface area contributed by atoms with Crippen molar-refractivity contribution in [2.75, 3.05) is 6.54 Å². The van der Waals surface area contributed by atoms with E-state index in [9.17, 15) is 4.79 Å². The van der Waals surface area contributed by atoms with Crippen molar-refractivity contribution in [3.05, 3.63) is 22.6 Å². The molecule has 17 heavy (non-hydrogen) atoms. The van der Waals surface area contributed by atoms with Crippen LogP contribution in [0.4, 0.5) is 0 Å². The first-order valence-corrected chi connectivity index (χ1v) is 6.46. The first kappa shape index (κ1) is 14.3. The average Bonchev–Trinajstić information content (AvgIpc) is 2.62. The summed E-state index contributed by atoms with van der Waals surface area (Å²) in [6, 6.07) is 3.68. The normalized spacial score (nSPS) is 12.9. The van der Waals surface area contributed by atoms with Gasteiger partial charge in [0.05, 0.1) is 12.5 Å². The van der Waals surface area contributed by atoms with Crippen molar-refractivity contribution in [2.24, 2.45) is 11.8 Å². The van der Waals surface area contributed by atoms with Crippen molar-refractivity contribution in [3.63, 3.8) is 0 Å². The highest BCUT2D eigenvalue weighted by molar-refractivity contribution is 9.10. The standard InChI is InChI=1S/C12H18BrNO3/c1-8(2)5-9(12(15)16)6-14-7-10-3-4-11(13)17-10/h3-4,8-9,14H,5-7H2,1-2H3,(H,15,16). The van der Waals surface area contributed by atoms with Gasteiger partial charge in [0.1, 0.15) is 5.76 Å². The van der Waals surface area contributed by atoms with Gasteiger partial charge in [-0.3, -0.25) is 4.79 Å². The third-order valence-electron chi connectivity index (χ3n) is 2.42. The highest BCUT2D eigenvalue weighted by Crippen LogP contribution is 2.14. The number of carboxylic acid groups (broad SMARTS) is 1. The van der Waals surface area contributed by atoms with E-state index in [0.29, 0.717) is 30.1 Å². The highest BCUT2D eigenvalue weighted by atomic mass is 79.9. The van der Waals surface area contributed by atoms with Crippen molar-refractivity contribution in [2.45, 2.75) is 26.8 Å². The van der Waals surface area contributed by atoms with Crippen LogP contribution in [0.25, 0.3) is 0 Å². The first-order chi connectivity index (χ1) is 7.99. The van der Waals surface area contributed by atoms with Crippen LogP contribution >= 0.6 is 15.9 Å². The van der Waals surface area contributed by atoms with Gasteiger partial charge in [0.25, 0.3) is 0 Å². The van der Waals surface area contributed by atoms with Crippen LogP contribution in [0.3, 0.4) is 0 Å². The molecule has 4 nitrogen and oxygen atoms in total. The van der Waals surface area contributed by atoms with E-state index in [1.165, 1.54) is 0 Å². The lowest BCUT2D eigenvalue weighted by Crippen LogP contribution is -2.29. The molecule has 96 valence electrons. The van der Waals surface area contributed by atoms with Crippen LogP contribution in [-0.2, 0) is 11.3 Å². The van der Waals surface area contributed by atoms with E-state index >= 15 is 0 Å². The van der Waals surface area contributed by atoms with E-state index in [2.05, 4.69) is 21.2 Å². The molecule has 5 heteroatoms.